The summed E-state index contributed by atoms with van der Waals surface area (Å²) >= 11 is 0. The van der Waals surface area contributed by atoms with Crippen LogP contribution in [0.4, 0.5) is 0 Å². The van der Waals surface area contributed by atoms with Crippen LogP contribution in [0.15, 0.2) is 0 Å². The Morgan fingerprint density at radius 3 is 2.31 bits per heavy atom. The molecule has 0 aliphatic heterocycles. The number of sulfone groups is 1. The molecule has 16 heavy (non-hydrogen) atoms. The molecule has 0 radical (unpaired) electrons. The molecule has 0 spiro atoms. The van der Waals surface area contributed by atoms with Gasteiger partial charge >= 0.3 is 0 Å². The Morgan fingerprint density at radius 1 is 1.38 bits per heavy atom. The van der Waals surface area contributed by atoms with E-state index in [1.165, 1.54) is 6.42 Å². The minimum absolute atomic E-state index is 0. The lowest BCUT2D eigenvalue weighted by atomic mass is 9.78. The van der Waals surface area contributed by atoms with Crippen molar-refractivity contribution in [2.45, 2.75) is 43.9 Å². The quantitative estimate of drug-likeness (QED) is 0.697. The highest BCUT2D eigenvalue weighted by Gasteiger charge is 2.31. The zero-order chi connectivity index (χ0) is 11.5. The van der Waals surface area contributed by atoms with Gasteiger partial charge < -0.3 is 11.1 Å². The number of nitrogens with two attached hydrogens (primary N) is 1. The average molecular weight is 271 g/mol. The van der Waals surface area contributed by atoms with Gasteiger partial charge in [-0.1, -0.05) is 0 Å². The maximum absolute atomic E-state index is 11.5. The number of rotatable bonds is 6. The summed E-state index contributed by atoms with van der Waals surface area (Å²) in [4.78, 5) is 0. The number of halogens is 1. The van der Waals surface area contributed by atoms with Crippen molar-refractivity contribution >= 4 is 22.2 Å². The SMILES string of the molecule is CC(C)S(=O)(=O)CCNCC1(N)CCC1.Cl. The fraction of sp³-hybridized carbons (Fsp3) is 1.00. The van der Waals surface area contributed by atoms with E-state index in [1.807, 2.05) is 0 Å². The van der Waals surface area contributed by atoms with Crippen LogP contribution >= 0.6 is 12.4 Å². The smallest absolute Gasteiger partial charge is 0.153 e. The predicted octanol–water partition coefficient (Wildman–Crippen LogP) is 0.702. The van der Waals surface area contributed by atoms with Crippen molar-refractivity contribution in [2.24, 2.45) is 5.73 Å². The fourth-order valence-electron chi connectivity index (χ4n) is 1.60. The first-order valence-electron chi connectivity index (χ1n) is 5.57. The van der Waals surface area contributed by atoms with Crippen molar-refractivity contribution in [3.05, 3.63) is 0 Å². The summed E-state index contributed by atoms with van der Waals surface area (Å²) in [5, 5.41) is 2.85. The molecule has 1 fully saturated rings. The van der Waals surface area contributed by atoms with Crippen LogP contribution in [-0.4, -0.2) is 38.0 Å². The summed E-state index contributed by atoms with van der Waals surface area (Å²) in [5.41, 5.74) is 5.93. The molecule has 0 unspecified atom stereocenters. The number of hydrogen-bond donors (Lipinski definition) is 2. The van der Waals surface area contributed by atoms with Gasteiger partial charge in [-0.05, 0) is 33.1 Å². The maximum atomic E-state index is 11.5. The van der Waals surface area contributed by atoms with Crippen LogP contribution in [0.2, 0.25) is 0 Å². The van der Waals surface area contributed by atoms with E-state index in [2.05, 4.69) is 5.32 Å². The van der Waals surface area contributed by atoms with Gasteiger partial charge in [0.2, 0.25) is 0 Å². The minimum Gasteiger partial charge on any atom is -0.324 e. The zero-order valence-electron chi connectivity index (χ0n) is 10.0. The molecule has 0 saturated heterocycles. The van der Waals surface area contributed by atoms with Crippen LogP contribution in [0.1, 0.15) is 33.1 Å². The van der Waals surface area contributed by atoms with Crippen LogP contribution in [0.3, 0.4) is 0 Å². The average Bonchev–Trinajstić information content (AvgIpc) is 2.09. The Morgan fingerprint density at radius 2 is 1.94 bits per heavy atom. The third kappa shape index (κ3) is 4.57. The second kappa shape index (κ2) is 6.19. The van der Waals surface area contributed by atoms with E-state index in [-0.39, 0.29) is 28.9 Å². The van der Waals surface area contributed by atoms with Gasteiger partial charge in [0.05, 0.1) is 11.0 Å². The first-order chi connectivity index (χ1) is 6.86. The van der Waals surface area contributed by atoms with Gasteiger partial charge in [0.25, 0.3) is 0 Å². The molecule has 4 nitrogen and oxygen atoms in total. The van der Waals surface area contributed by atoms with E-state index in [1.54, 1.807) is 13.8 Å². The molecular weight excluding hydrogens is 248 g/mol. The van der Waals surface area contributed by atoms with E-state index in [4.69, 9.17) is 5.73 Å². The third-order valence-corrected chi connectivity index (χ3v) is 5.32. The van der Waals surface area contributed by atoms with Gasteiger partial charge in [0.15, 0.2) is 9.84 Å². The van der Waals surface area contributed by atoms with Crippen molar-refractivity contribution in [1.82, 2.24) is 5.32 Å². The van der Waals surface area contributed by atoms with Crippen molar-refractivity contribution in [3.63, 3.8) is 0 Å². The summed E-state index contributed by atoms with van der Waals surface area (Å²) in [6.07, 6.45) is 3.30. The standard InChI is InChI=1S/C10H22N2O2S.ClH/c1-9(2)15(13,14)7-6-12-8-10(11)4-3-5-10;/h9,12H,3-8,11H2,1-2H3;1H. The lowest BCUT2D eigenvalue weighted by Gasteiger charge is -2.38. The van der Waals surface area contributed by atoms with Gasteiger partial charge in [-0.15, -0.1) is 12.4 Å². The topological polar surface area (TPSA) is 72.2 Å². The molecule has 0 aromatic rings. The molecule has 1 rings (SSSR count). The minimum atomic E-state index is -2.91. The number of hydrogen-bond acceptors (Lipinski definition) is 4. The Bertz CT molecular complexity index is 300. The van der Waals surface area contributed by atoms with Crippen molar-refractivity contribution in [1.29, 1.82) is 0 Å². The molecule has 0 amide bonds. The normalized spacial score (nSPS) is 19.0. The van der Waals surface area contributed by atoms with Gasteiger partial charge in [-0.25, -0.2) is 8.42 Å². The predicted molar refractivity (Wildman–Crippen MR) is 69.8 cm³/mol. The molecule has 98 valence electrons. The summed E-state index contributed by atoms with van der Waals surface area (Å²) < 4.78 is 22.9. The van der Waals surface area contributed by atoms with Crippen molar-refractivity contribution in [3.8, 4) is 0 Å². The van der Waals surface area contributed by atoms with E-state index in [9.17, 15) is 8.42 Å². The van der Waals surface area contributed by atoms with E-state index < -0.39 is 9.84 Å². The van der Waals surface area contributed by atoms with E-state index in [0.29, 0.717) is 6.54 Å². The van der Waals surface area contributed by atoms with Gasteiger partial charge in [-0.3, -0.25) is 0 Å². The Balaban J connectivity index is 0.00000225. The Kier molecular flexibility index (Phi) is 6.25. The van der Waals surface area contributed by atoms with Gasteiger partial charge in [-0.2, -0.15) is 0 Å². The monoisotopic (exact) mass is 270 g/mol. The van der Waals surface area contributed by atoms with E-state index in [0.717, 1.165) is 19.4 Å². The van der Waals surface area contributed by atoms with Crippen LogP contribution in [0, 0.1) is 0 Å². The highest BCUT2D eigenvalue weighted by atomic mass is 35.5. The molecular formula is C10H23ClN2O2S. The van der Waals surface area contributed by atoms with Crippen LogP contribution in [-0.2, 0) is 9.84 Å². The maximum Gasteiger partial charge on any atom is 0.153 e. The zero-order valence-corrected chi connectivity index (χ0v) is 11.7. The summed E-state index contributed by atoms with van der Waals surface area (Å²) in [6, 6.07) is 0. The van der Waals surface area contributed by atoms with E-state index >= 15 is 0 Å². The van der Waals surface area contributed by atoms with Crippen molar-refractivity contribution in [2.75, 3.05) is 18.8 Å². The molecule has 0 heterocycles. The second-order valence-corrected chi connectivity index (χ2v) is 7.49. The molecule has 0 aromatic carbocycles. The van der Waals surface area contributed by atoms with Crippen LogP contribution in [0.5, 0.6) is 0 Å². The van der Waals surface area contributed by atoms with Crippen molar-refractivity contribution < 1.29 is 8.42 Å². The molecule has 1 aliphatic carbocycles. The molecule has 0 atom stereocenters. The summed E-state index contributed by atoms with van der Waals surface area (Å²) in [7, 11) is -2.91. The molecule has 6 heteroatoms. The summed E-state index contributed by atoms with van der Waals surface area (Å²) in [6.45, 7) is 4.68. The van der Waals surface area contributed by atoms with Gasteiger partial charge in [0, 0.05) is 18.6 Å². The third-order valence-electron chi connectivity index (χ3n) is 3.11. The Hall–Kier alpha value is 0.160. The summed E-state index contributed by atoms with van der Waals surface area (Å²) in [5.74, 6) is 0.209. The molecule has 1 saturated carbocycles. The first kappa shape index (κ1) is 16.2. The number of nitrogens with one attached hydrogen (secondary N) is 1. The Labute approximate surface area is 105 Å². The van der Waals surface area contributed by atoms with Gasteiger partial charge in [0.1, 0.15) is 0 Å². The highest BCUT2D eigenvalue weighted by Crippen LogP contribution is 2.27. The fourth-order valence-corrected chi connectivity index (χ4v) is 2.50. The highest BCUT2D eigenvalue weighted by molar-refractivity contribution is 7.92. The first-order valence-corrected chi connectivity index (χ1v) is 7.28. The second-order valence-electron chi connectivity index (χ2n) is 4.81. The molecule has 0 aromatic heterocycles. The largest absolute Gasteiger partial charge is 0.324 e. The molecule has 1 aliphatic rings. The van der Waals surface area contributed by atoms with Crippen LogP contribution in [0.25, 0.3) is 0 Å². The lowest BCUT2D eigenvalue weighted by Crippen LogP contribution is -2.54. The lowest BCUT2D eigenvalue weighted by molar-refractivity contribution is 0.241. The van der Waals surface area contributed by atoms with Crippen LogP contribution < -0.4 is 11.1 Å². The molecule has 0 bridgehead atoms. The molecule has 3 N–H and O–H groups in total.